The smallest absolute Gasteiger partial charge is 0.416 e. The number of carbonyl (C=O) groups excluding carboxylic acids is 1. The molecule has 33 heavy (non-hydrogen) atoms. The lowest BCUT2D eigenvalue weighted by Crippen LogP contribution is -2.38. The zero-order chi connectivity index (χ0) is 23.8. The number of rotatable bonds is 9. The lowest BCUT2D eigenvalue weighted by Gasteiger charge is -2.25. The molecule has 0 aliphatic carbocycles. The van der Waals surface area contributed by atoms with Gasteiger partial charge in [-0.15, -0.1) is 0 Å². The molecule has 1 amide bonds. The number of hydrogen-bond acceptors (Lipinski definition) is 4. The van der Waals surface area contributed by atoms with Crippen LogP contribution in [0.5, 0.6) is 5.88 Å². The van der Waals surface area contributed by atoms with Gasteiger partial charge in [-0.05, 0) is 42.2 Å². The molecule has 0 unspecified atom stereocenters. The highest BCUT2D eigenvalue weighted by Gasteiger charge is 2.30. The van der Waals surface area contributed by atoms with Gasteiger partial charge in [-0.1, -0.05) is 48.5 Å². The fraction of sp³-hybridized carbons (Fsp3) is 0.280. The second kappa shape index (κ2) is 11.0. The first-order valence-corrected chi connectivity index (χ1v) is 10.5. The van der Waals surface area contributed by atoms with Gasteiger partial charge in [0.15, 0.2) is 0 Å². The second-order valence-corrected chi connectivity index (χ2v) is 7.52. The van der Waals surface area contributed by atoms with Gasteiger partial charge in [0, 0.05) is 13.1 Å². The van der Waals surface area contributed by atoms with Crippen LogP contribution < -0.4 is 15.4 Å². The van der Waals surface area contributed by atoms with Crippen molar-refractivity contribution in [2.45, 2.75) is 31.1 Å². The molecular formula is C25H26F3N3O2. The van der Waals surface area contributed by atoms with Crippen LogP contribution in [0.1, 0.15) is 40.9 Å². The van der Waals surface area contributed by atoms with Gasteiger partial charge in [0.05, 0.1) is 24.4 Å². The van der Waals surface area contributed by atoms with Crippen molar-refractivity contribution < 1.29 is 22.7 Å². The van der Waals surface area contributed by atoms with Crippen molar-refractivity contribution in [2.24, 2.45) is 0 Å². The van der Waals surface area contributed by atoms with E-state index in [-0.39, 0.29) is 11.9 Å². The third kappa shape index (κ3) is 6.55. The molecule has 3 aromatic rings. The van der Waals surface area contributed by atoms with Crippen molar-refractivity contribution in [3.05, 3.63) is 95.2 Å². The molecule has 0 bridgehead atoms. The molecule has 174 valence electrons. The number of nitrogens with one attached hydrogen (secondary N) is 2. The Morgan fingerprint density at radius 2 is 1.70 bits per heavy atom. The van der Waals surface area contributed by atoms with E-state index in [0.717, 1.165) is 23.3 Å². The first-order chi connectivity index (χ1) is 15.8. The van der Waals surface area contributed by atoms with Gasteiger partial charge in [-0.25, -0.2) is 4.98 Å². The maximum atomic E-state index is 12.9. The van der Waals surface area contributed by atoms with E-state index in [1.807, 2.05) is 42.5 Å². The quantitative estimate of drug-likeness (QED) is 0.482. The van der Waals surface area contributed by atoms with E-state index in [9.17, 15) is 18.0 Å². The molecule has 8 heteroatoms. The van der Waals surface area contributed by atoms with Gasteiger partial charge in [-0.3, -0.25) is 10.1 Å². The number of benzene rings is 2. The van der Waals surface area contributed by atoms with E-state index < -0.39 is 17.8 Å². The highest BCUT2D eigenvalue weighted by molar-refractivity contribution is 5.83. The molecule has 1 heterocycles. The predicted octanol–water partition coefficient (Wildman–Crippen LogP) is 4.86. The zero-order valence-corrected chi connectivity index (χ0v) is 18.4. The van der Waals surface area contributed by atoms with Gasteiger partial charge in [0.1, 0.15) is 6.04 Å². The topological polar surface area (TPSA) is 63.2 Å². The van der Waals surface area contributed by atoms with Crippen molar-refractivity contribution >= 4 is 5.91 Å². The maximum absolute atomic E-state index is 12.9. The molecule has 2 N–H and O–H groups in total. The van der Waals surface area contributed by atoms with Crippen LogP contribution in [0.2, 0.25) is 0 Å². The lowest BCUT2D eigenvalue weighted by molar-refractivity contribution is -0.137. The van der Waals surface area contributed by atoms with Crippen LogP contribution in [0.25, 0.3) is 0 Å². The Kier molecular flexibility index (Phi) is 8.06. The monoisotopic (exact) mass is 457 g/mol. The van der Waals surface area contributed by atoms with Crippen LogP contribution in [-0.2, 0) is 17.4 Å². The molecule has 2 atom stereocenters. The third-order valence-electron chi connectivity index (χ3n) is 5.32. The molecule has 0 fully saturated rings. The van der Waals surface area contributed by atoms with Gasteiger partial charge < -0.3 is 10.1 Å². The first kappa shape index (κ1) is 24.3. The van der Waals surface area contributed by atoms with E-state index in [1.54, 1.807) is 13.1 Å². The van der Waals surface area contributed by atoms with E-state index in [1.165, 1.54) is 19.2 Å². The molecule has 3 rings (SSSR count). The van der Waals surface area contributed by atoms with Crippen LogP contribution in [0, 0.1) is 0 Å². The van der Waals surface area contributed by atoms with Gasteiger partial charge in [-0.2, -0.15) is 13.2 Å². The number of aryl methyl sites for hydroxylation is 1. The van der Waals surface area contributed by atoms with Crippen molar-refractivity contribution in [1.29, 1.82) is 0 Å². The summed E-state index contributed by atoms with van der Waals surface area (Å²) >= 11 is 0. The molecular weight excluding hydrogens is 431 g/mol. The number of carbonyl (C=O) groups is 1. The SMILES string of the molecule is CNC(=O)[C@H](N[C@@H](CCc1ccc(C(F)(F)F)cc1)c1cccc(OC)n1)c1ccccc1. The largest absolute Gasteiger partial charge is 0.481 e. The number of hydrogen-bond donors (Lipinski definition) is 2. The summed E-state index contributed by atoms with van der Waals surface area (Å²) in [7, 11) is 3.09. The van der Waals surface area contributed by atoms with Crippen LogP contribution in [0.3, 0.4) is 0 Å². The zero-order valence-electron chi connectivity index (χ0n) is 18.4. The summed E-state index contributed by atoms with van der Waals surface area (Å²) in [5.74, 6) is 0.230. The Morgan fingerprint density at radius 3 is 2.30 bits per heavy atom. The number of aromatic nitrogens is 1. The number of pyridine rings is 1. The first-order valence-electron chi connectivity index (χ1n) is 10.5. The Balaban J connectivity index is 1.86. The van der Waals surface area contributed by atoms with Crippen LogP contribution in [-0.4, -0.2) is 25.0 Å². The Morgan fingerprint density at radius 1 is 1.00 bits per heavy atom. The average Bonchev–Trinajstić information content (AvgIpc) is 2.84. The predicted molar refractivity (Wildman–Crippen MR) is 120 cm³/mol. The average molecular weight is 457 g/mol. The van der Waals surface area contributed by atoms with Crippen LogP contribution in [0.4, 0.5) is 13.2 Å². The third-order valence-corrected chi connectivity index (χ3v) is 5.32. The minimum Gasteiger partial charge on any atom is -0.481 e. The highest BCUT2D eigenvalue weighted by Crippen LogP contribution is 2.30. The minimum atomic E-state index is -4.37. The molecule has 1 aromatic heterocycles. The van der Waals surface area contributed by atoms with Crippen molar-refractivity contribution in [3.63, 3.8) is 0 Å². The Bertz CT molecular complexity index is 1040. The number of nitrogens with zero attached hydrogens (tertiary/aromatic N) is 1. The molecule has 0 aliphatic rings. The summed E-state index contributed by atoms with van der Waals surface area (Å²) in [6, 6.07) is 18.8. The molecule has 0 saturated heterocycles. The summed E-state index contributed by atoms with van der Waals surface area (Å²) < 4.78 is 43.9. The molecule has 0 radical (unpaired) electrons. The van der Waals surface area contributed by atoms with Crippen molar-refractivity contribution in [3.8, 4) is 5.88 Å². The number of likely N-dealkylation sites (N-methyl/N-ethyl adjacent to an activating group) is 1. The summed E-state index contributed by atoms with van der Waals surface area (Å²) in [5, 5.41) is 6.07. The molecule has 5 nitrogen and oxygen atoms in total. The number of alkyl halides is 3. The Hall–Kier alpha value is -3.39. The van der Waals surface area contributed by atoms with Gasteiger partial charge in [0.25, 0.3) is 0 Å². The summed E-state index contributed by atoms with van der Waals surface area (Å²) in [6.45, 7) is 0. The van der Waals surface area contributed by atoms with E-state index in [4.69, 9.17) is 4.74 Å². The fourth-order valence-electron chi connectivity index (χ4n) is 3.54. The standard InChI is InChI=1S/C25H26F3N3O2/c1-29-24(32)23(18-7-4-3-5-8-18)31-21(20-9-6-10-22(30-20)33-2)16-13-17-11-14-19(15-12-17)25(26,27)28/h3-12,14-15,21,23,31H,13,16H2,1-2H3,(H,29,32)/t21-,23+/m0/s1. The van der Waals surface area contributed by atoms with Crippen LogP contribution in [0.15, 0.2) is 72.8 Å². The molecule has 0 spiro atoms. The summed E-state index contributed by atoms with van der Waals surface area (Å²) in [5.41, 5.74) is 1.54. The highest BCUT2D eigenvalue weighted by atomic mass is 19.4. The van der Waals surface area contributed by atoms with Crippen molar-refractivity contribution in [1.82, 2.24) is 15.6 Å². The fourth-order valence-corrected chi connectivity index (χ4v) is 3.54. The molecule has 2 aromatic carbocycles. The van der Waals surface area contributed by atoms with Gasteiger partial charge >= 0.3 is 6.18 Å². The minimum absolute atomic E-state index is 0.205. The summed E-state index contributed by atoms with van der Waals surface area (Å²) in [4.78, 5) is 17.2. The van der Waals surface area contributed by atoms with E-state index >= 15 is 0 Å². The number of halogens is 3. The molecule has 0 saturated carbocycles. The number of amides is 1. The second-order valence-electron chi connectivity index (χ2n) is 7.52. The van der Waals surface area contributed by atoms with Crippen LogP contribution >= 0.6 is 0 Å². The van der Waals surface area contributed by atoms with Gasteiger partial charge in [0.2, 0.25) is 11.8 Å². The lowest BCUT2D eigenvalue weighted by atomic mass is 9.98. The summed E-state index contributed by atoms with van der Waals surface area (Å²) in [6.07, 6.45) is -3.38. The van der Waals surface area contributed by atoms with E-state index in [0.29, 0.717) is 24.4 Å². The normalized spacial score (nSPS) is 13.2. The van der Waals surface area contributed by atoms with E-state index in [2.05, 4.69) is 15.6 Å². The number of ether oxygens (including phenoxy) is 1. The number of methoxy groups -OCH3 is 1. The maximum Gasteiger partial charge on any atom is 0.416 e. The van der Waals surface area contributed by atoms with Crippen molar-refractivity contribution in [2.75, 3.05) is 14.2 Å². The molecule has 0 aliphatic heterocycles. The Labute approximate surface area is 191 Å².